The first-order valence-electron chi connectivity index (χ1n) is 7.28. The molecule has 6 nitrogen and oxygen atoms in total. The van der Waals surface area contributed by atoms with Gasteiger partial charge >= 0.3 is 0 Å². The van der Waals surface area contributed by atoms with Crippen LogP contribution in [0.4, 0.5) is 0 Å². The number of ketones is 1. The number of amides is 2. The Balaban J connectivity index is 2.17. The second-order valence-electron chi connectivity index (χ2n) is 5.35. The summed E-state index contributed by atoms with van der Waals surface area (Å²) in [5.74, 6) is -0.495. The zero-order valence-electron chi connectivity index (χ0n) is 12.6. The van der Waals surface area contributed by atoms with Crippen LogP contribution in [0.25, 0.3) is 0 Å². The third kappa shape index (κ3) is 2.99. The van der Waals surface area contributed by atoms with Gasteiger partial charge in [0.2, 0.25) is 5.91 Å². The number of Topliss-reactive ketones (excluding diaryl/α,β-unsaturated/α-hetero) is 1. The van der Waals surface area contributed by atoms with Crippen LogP contribution in [0.2, 0.25) is 0 Å². The molecule has 1 atom stereocenters. The number of rotatable bonds is 4. The highest BCUT2D eigenvalue weighted by atomic mass is 16.2. The van der Waals surface area contributed by atoms with Crippen molar-refractivity contribution in [3.8, 4) is 0 Å². The van der Waals surface area contributed by atoms with Gasteiger partial charge in [-0.05, 0) is 39.2 Å². The number of hydrogen-bond donors (Lipinski definition) is 3. The molecule has 2 amide bonds. The number of carbonyl (C=O) groups is 3. The van der Waals surface area contributed by atoms with Crippen molar-refractivity contribution in [1.82, 2.24) is 15.6 Å². The Morgan fingerprint density at radius 3 is 2.67 bits per heavy atom. The summed E-state index contributed by atoms with van der Waals surface area (Å²) in [4.78, 5) is 38.9. The molecule has 1 heterocycles. The predicted octanol–water partition coefficient (Wildman–Crippen LogP) is 1.10. The van der Waals surface area contributed by atoms with Crippen molar-refractivity contribution < 1.29 is 14.4 Å². The quantitative estimate of drug-likeness (QED) is 0.775. The third-order valence-corrected chi connectivity index (χ3v) is 3.76. The number of aromatic nitrogens is 1. The largest absolute Gasteiger partial charge is 0.355 e. The first-order valence-corrected chi connectivity index (χ1v) is 7.28. The molecule has 0 fully saturated rings. The lowest BCUT2D eigenvalue weighted by Gasteiger charge is -2.13. The number of aromatic amines is 1. The number of hydrogen-bond acceptors (Lipinski definition) is 3. The van der Waals surface area contributed by atoms with E-state index >= 15 is 0 Å². The van der Waals surface area contributed by atoms with E-state index in [2.05, 4.69) is 15.6 Å². The topological polar surface area (TPSA) is 91.1 Å². The van der Waals surface area contributed by atoms with E-state index in [4.69, 9.17) is 0 Å². The highest BCUT2D eigenvalue weighted by molar-refractivity contribution is 6.05. The average Bonchev–Trinajstić information content (AvgIpc) is 2.77. The summed E-state index contributed by atoms with van der Waals surface area (Å²) in [6.45, 7) is 5.74. The summed E-state index contributed by atoms with van der Waals surface area (Å²) in [6, 6.07) is -0.618. The molecule has 1 aliphatic rings. The van der Waals surface area contributed by atoms with Gasteiger partial charge in [-0.3, -0.25) is 14.4 Å². The number of H-pyrrole nitrogens is 1. The maximum Gasteiger partial charge on any atom is 0.268 e. The molecule has 0 spiro atoms. The third-order valence-electron chi connectivity index (χ3n) is 3.76. The van der Waals surface area contributed by atoms with Gasteiger partial charge in [0.15, 0.2) is 5.78 Å². The molecule has 114 valence electrons. The van der Waals surface area contributed by atoms with E-state index in [1.165, 1.54) is 0 Å². The fourth-order valence-electron chi connectivity index (χ4n) is 2.66. The standard InChI is InChI=1S/C15H21N3O3/c1-4-16-14(20)9(3)17-15(21)13-8(2)12-10(18-13)6-5-7-11(12)19/h9,18H,4-7H2,1-3H3,(H,16,20)(H,17,21)/t9-/m1/s1. The summed E-state index contributed by atoms with van der Waals surface area (Å²) < 4.78 is 0. The lowest BCUT2D eigenvalue weighted by Crippen LogP contribution is -2.45. The van der Waals surface area contributed by atoms with Crippen molar-refractivity contribution in [2.24, 2.45) is 0 Å². The van der Waals surface area contributed by atoms with E-state index in [-0.39, 0.29) is 17.6 Å². The van der Waals surface area contributed by atoms with Crippen molar-refractivity contribution in [3.05, 3.63) is 22.5 Å². The van der Waals surface area contributed by atoms with E-state index in [1.807, 2.05) is 6.92 Å². The molecular formula is C15H21N3O3. The molecule has 0 saturated heterocycles. The van der Waals surface area contributed by atoms with Gasteiger partial charge in [-0.15, -0.1) is 0 Å². The highest BCUT2D eigenvalue weighted by Gasteiger charge is 2.27. The Morgan fingerprint density at radius 2 is 2.05 bits per heavy atom. The number of fused-ring (bicyclic) bond motifs is 1. The number of aryl methyl sites for hydroxylation is 1. The first kappa shape index (κ1) is 15.3. The van der Waals surface area contributed by atoms with Crippen LogP contribution in [0.5, 0.6) is 0 Å². The molecular weight excluding hydrogens is 270 g/mol. The molecule has 0 bridgehead atoms. The molecule has 6 heteroatoms. The van der Waals surface area contributed by atoms with Gasteiger partial charge in [-0.25, -0.2) is 0 Å². The fourth-order valence-corrected chi connectivity index (χ4v) is 2.66. The van der Waals surface area contributed by atoms with Crippen molar-refractivity contribution in [3.63, 3.8) is 0 Å². The van der Waals surface area contributed by atoms with Gasteiger partial charge in [0, 0.05) is 24.2 Å². The number of carbonyl (C=O) groups excluding carboxylic acids is 3. The molecule has 0 saturated carbocycles. The summed E-state index contributed by atoms with van der Waals surface area (Å²) >= 11 is 0. The number of likely N-dealkylation sites (N-methyl/N-ethyl adjacent to an activating group) is 1. The second-order valence-corrected chi connectivity index (χ2v) is 5.35. The normalized spacial score (nSPS) is 15.3. The Kier molecular flexibility index (Phi) is 4.45. The SMILES string of the molecule is CCNC(=O)[C@@H](C)NC(=O)c1[nH]c2c(c1C)C(=O)CCC2. The van der Waals surface area contributed by atoms with Crippen LogP contribution in [0.3, 0.4) is 0 Å². The molecule has 2 rings (SSSR count). The van der Waals surface area contributed by atoms with Gasteiger partial charge in [-0.2, -0.15) is 0 Å². The van der Waals surface area contributed by atoms with Crippen molar-refractivity contribution >= 4 is 17.6 Å². The maximum absolute atomic E-state index is 12.3. The van der Waals surface area contributed by atoms with E-state index in [1.54, 1.807) is 13.8 Å². The monoisotopic (exact) mass is 291 g/mol. The minimum absolute atomic E-state index is 0.0841. The molecule has 0 radical (unpaired) electrons. The van der Waals surface area contributed by atoms with Gasteiger partial charge in [0.1, 0.15) is 11.7 Å². The fraction of sp³-hybridized carbons (Fsp3) is 0.533. The molecule has 21 heavy (non-hydrogen) atoms. The van der Waals surface area contributed by atoms with Crippen LogP contribution >= 0.6 is 0 Å². The average molecular weight is 291 g/mol. The lowest BCUT2D eigenvalue weighted by molar-refractivity contribution is -0.122. The Labute approximate surface area is 123 Å². The molecule has 0 unspecified atom stereocenters. The molecule has 3 N–H and O–H groups in total. The van der Waals surface area contributed by atoms with Gasteiger partial charge in [-0.1, -0.05) is 0 Å². The summed E-state index contributed by atoms with van der Waals surface area (Å²) in [5.41, 5.74) is 2.54. The highest BCUT2D eigenvalue weighted by Crippen LogP contribution is 2.26. The van der Waals surface area contributed by atoms with E-state index in [0.717, 1.165) is 18.5 Å². The van der Waals surface area contributed by atoms with E-state index < -0.39 is 6.04 Å². The van der Waals surface area contributed by atoms with Crippen molar-refractivity contribution in [2.75, 3.05) is 6.54 Å². The predicted molar refractivity (Wildman–Crippen MR) is 78.4 cm³/mol. The lowest BCUT2D eigenvalue weighted by atomic mass is 9.94. The maximum atomic E-state index is 12.3. The Morgan fingerprint density at radius 1 is 1.33 bits per heavy atom. The summed E-state index contributed by atoms with van der Waals surface area (Å²) in [7, 11) is 0. The van der Waals surface area contributed by atoms with E-state index in [0.29, 0.717) is 29.8 Å². The summed E-state index contributed by atoms with van der Waals surface area (Å²) in [6.07, 6.45) is 2.12. The molecule has 1 aromatic heterocycles. The smallest absolute Gasteiger partial charge is 0.268 e. The van der Waals surface area contributed by atoms with Gasteiger partial charge in [0.25, 0.3) is 5.91 Å². The van der Waals surface area contributed by atoms with Crippen molar-refractivity contribution in [2.45, 2.75) is 46.1 Å². The van der Waals surface area contributed by atoms with Gasteiger partial charge < -0.3 is 15.6 Å². The van der Waals surface area contributed by atoms with Crippen LogP contribution in [-0.4, -0.2) is 35.2 Å². The molecule has 1 aliphatic carbocycles. The van der Waals surface area contributed by atoms with Crippen LogP contribution in [0.1, 0.15) is 58.8 Å². The zero-order chi connectivity index (χ0) is 15.6. The van der Waals surface area contributed by atoms with Crippen LogP contribution in [0.15, 0.2) is 0 Å². The summed E-state index contributed by atoms with van der Waals surface area (Å²) in [5, 5.41) is 5.31. The zero-order valence-corrected chi connectivity index (χ0v) is 12.6. The van der Waals surface area contributed by atoms with Crippen LogP contribution in [0, 0.1) is 6.92 Å². The van der Waals surface area contributed by atoms with Crippen LogP contribution in [-0.2, 0) is 11.2 Å². The second kappa shape index (κ2) is 6.11. The van der Waals surface area contributed by atoms with E-state index in [9.17, 15) is 14.4 Å². The van der Waals surface area contributed by atoms with Crippen LogP contribution < -0.4 is 10.6 Å². The molecule has 0 aliphatic heterocycles. The molecule has 1 aromatic rings. The minimum atomic E-state index is -0.618. The first-order chi connectivity index (χ1) is 9.95. The minimum Gasteiger partial charge on any atom is -0.355 e. The Bertz CT molecular complexity index is 589. The van der Waals surface area contributed by atoms with Crippen molar-refractivity contribution in [1.29, 1.82) is 0 Å². The van der Waals surface area contributed by atoms with Gasteiger partial charge in [0.05, 0.1) is 0 Å². The molecule has 0 aromatic carbocycles. The Hall–Kier alpha value is -2.11. The number of nitrogens with one attached hydrogen (secondary N) is 3.